The van der Waals surface area contributed by atoms with Gasteiger partial charge in [0.05, 0.1) is 24.3 Å². The van der Waals surface area contributed by atoms with Crippen LogP contribution < -0.4 is 4.74 Å². The van der Waals surface area contributed by atoms with Crippen molar-refractivity contribution in [2.75, 3.05) is 14.2 Å². The fourth-order valence-electron chi connectivity index (χ4n) is 1.46. The fraction of sp³-hybridized carbons (Fsp3) is 0.364. The smallest absolute Gasteiger partial charge is 0.163 e. The molecule has 0 fully saturated rings. The maximum absolute atomic E-state index is 11.5. The van der Waals surface area contributed by atoms with E-state index in [2.05, 4.69) is 0 Å². The number of carbonyl (C=O) groups is 1. The molecule has 0 unspecified atom stereocenters. The van der Waals surface area contributed by atoms with Crippen LogP contribution in [0.5, 0.6) is 5.75 Å². The van der Waals surface area contributed by atoms with Crippen molar-refractivity contribution in [3.63, 3.8) is 0 Å². The number of ketones is 1. The summed E-state index contributed by atoms with van der Waals surface area (Å²) in [6.07, 6.45) is 0. The molecule has 0 aliphatic rings. The van der Waals surface area contributed by atoms with Gasteiger partial charge in [-0.2, -0.15) is 0 Å². The van der Waals surface area contributed by atoms with Crippen LogP contribution in [0.1, 0.15) is 22.8 Å². The molecule has 1 aromatic carbocycles. The third-order valence-corrected chi connectivity index (χ3v) is 2.35. The van der Waals surface area contributed by atoms with Crippen LogP contribution >= 0.6 is 11.6 Å². The first kappa shape index (κ1) is 12.0. The molecular weight excluding hydrogens is 216 g/mol. The van der Waals surface area contributed by atoms with Gasteiger partial charge in [0.15, 0.2) is 5.78 Å². The summed E-state index contributed by atoms with van der Waals surface area (Å²) >= 11 is 5.93. The highest BCUT2D eigenvalue weighted by Crippen LogP contribution is 2.31. The zero-order valence-electron chi connectivity index (χ0n) is 8.96. The van der Waals surface area contributed by atoms with E-state index < -0.39 is 0 Å². The minimum Gasteiger partial charge on any atom is -0.494 e. The van der Waals surface area contributed by atoms with Gasteiger partial charge in [0.25, 0.3) is 0 Å². The van der Waals surface area contributed by atoms with Gasteiger partial charge in [0.1, 0.15) is 5.75 Å². The van der Waals surface area contributed by atoms with E-state index in [1.807, 2.05) is 0 Å². The van der Waals surface area contributed by atoms with E-state index in [1.54, 1.807) is 19.2 Å². The number of halogens is 1. The monoisotopic (exact) mass is 228 g/mol. The highest BCUT2D eigenvalue weighted by molar-refractivity contribution is 6.32. The van der Waals surface area contributed by atoms with Gasteiger partial charge in [0.2, 0.25) is 0 Å². The summed E-state index contributed by atoms with van der Waals surface area (Å²) in [7, 11) is 3.06. The lowest BCUT2D eigenvalue weighted by molar-refractivity contribution is 0.100. The Hall–Kier alpha value is -1.06. The lowest BCUT2D eigenvalue weighted by Crippen LogP contribution is -2.04. The molecule has 0 aliphatic carbocycles. The lowest BCUT2D eigenvalue weighted by atomic mass is 10.0. The SMILES string of the molecule is COCc1ccc(Cl)c(OC)c1C(C)=O. The number of Topliss-reactive ketones (excluding diaryl/α,β-unsaturated/α-hetero) is 1. The third kappa shape index (κ3) is 2.49. The second-order valence-electron chi connectivity index (χ2n) is 3.10. The predicted molar refractivity (Wildman–Crippen MR) is 58.7 cm³/mol. The minimum absolute atomic E-state index is 0.0820. The number of hydrogen-bond acceptors (Lipinski definition) is 3. The van der Waals surface area contributed by atoms with Crippen molar-refractivity contribution in [1.29, 1.82) is 0 Å². The Morgan fingerprint density at radius 2 is 2.07 bits per heavy atom. The first-order valence-corrected chi connectivity index (χ1v) is 4.84. The van der Waals surface area contributed by atoms with Gasteiger partial charge in [0, 0.05) is 7.11 Å². The molecule has 0 aromatic heterocycles. The molecule has 0 spiro atoms. The Bertz CT molecular complexity index is 374. The van der Waals surface area contributed by atoms with Crippen molar-refractivity contribution in [3.05, 3.63) is 28.3 Å². The molecule has 0 bridgehead atoms. The van der Waals surface area contributed by atoms with E-state index in [9.17, 15) is 4.79 Å². The van der Waals surface area contributed by atoms with Gasteiger partial charge in [-0.15, -0.1) is 0 Å². The van der Waals surface area contributed by atoms with Gasteiger partial charge < -0.3 is 9.47 Å². The Balaban J connectivity index is 3.35. The normalized spacial score (nSPS) is 10.1. The van der Waals surface area contributed by atoms with E-state index in [0.717, 1.165) is 5.56 Å². The molecule has 0 heterocycles. The second kappa shape index (κ2) is 5.14. The molecule has 82 valence electrons. The molecule has 0 atom stereocenters. The Morgan fingerprint density at radius 3 is 2.53 bits per heavy atom. The average molecular weight is 229 g/mol. The highest BCUT2D eigenvalue weighted by Gasteiger charge is 2.16. The number of rotatable bonds is 4. The van der Waals surface area contributed by atoms with E-state index in [-0.39, 0.29) is 5.78 Å². The molecule has 0 amide bonds. The molecule has 0 aliphatic heterocycles. The van der Waals surface area contributed by atoms with Crippen LogP contribution in [-0.2, 0) is 11.3 Å². The summed E-state index contributed by atoms with van der Waals surface area (Å²) < 4.78 is 10.1. The van der Waals surface area contributed by atoms with Crippen LogP contribution in [0.2, 0.25) is 5.02 Å². The largest absolute Gasteiger partial charge is 0.494 e. The fourth-order valence-corrected chi connectivity index (χ4v) is 1.69. The summed E-state index contributed by atoms with van der Waals surface area (Å²) in [4.78, 5) is 11.5. The second-order valence-corrected chi connectivity index (χ2v) is 3.51. The van der Waals surface area contributed by atoms with Crippen molar-refractivity contribution in [2.45, 2.75) is 13.5 Å². The maximum Gasteiger partial charge on any atom is 0.163 e. The Kier molecular flexibility index (Phi) is 4.12. The van der Waals surface area contributed by atoms with Gasteiger partial charge in [-0.05, 0) is 18.6 Å². The number of benzene rings is 1. The summed E-state index contributed by atoms with van der Waals surface area (Å²) in [5.41, 5.74) is 1.28. The van der Waals surface area contributed by atoms with Crippen LogP contribution in [0.25, 0.3) is 0 Å². The van der Waals surface area contributed by atoms with Gasteiger partial charge >= 0.3 is 0 Å². The molecule has 1 aromatic rings. The first-order chi connectivity index (χ1) is 7.11. The average Bonchev–Trinajstić information content (AvgIpc) is 2.20. The lowest BCUT2D eigenvalue weighted by Gasteiger charge is -2.12. The standard InChI is InChI=1S/C11H13ClO3/c1-7(13)10-8(6-14-2)4-5-9(12)11(10)15-3/h4-5H,6H2,1-3H3. The molecule has 0 saturated carbocycles. The van der Waals surface area contributed by atoms with E-state index in [4.69, 9.17) is 21.1 Å². The number of methoxy groups -OCH3 is 2. The predicted octanol–water partition coefficient (Wildman–Crippen LogP) is 2.70. The van der Waals surface area contributed by atoms with Gasteiger partial charge in [-0.1, -0.05) is 17.7 Å². The maximum atomic E-state index is 11.5. The van der Waals surface area contributed by atoms with Crippen molar-refractivity contribution in [1.82, 2.24) is 0 Å². The molecule has 0 N–H and O–H groups in total. The van der Waals surface area contributed by atoms with Crippen molar-refractivity contribution in [3.8, 4) is 5.75 Å². The van der Waals surface area contributed by atoms with E-state index in [1.165, 1.54) is 14.0 Å². The topological polar surface area (TPSA) is 35.5 Å². The molecule has 15 heavy (non-hydrogen) atoms. The Morgan fingerprint density at radius 1 is 1.40 bits per heavy atom. The molecule has 0 saturated heterocycles. The third-order valence-electron chi connectivity index (χ3n) is 2.05. The van der Waals surface area contributed by atoms with Gasteiger partial charge in [-0.25, -0.2) is 0 Å². The van der Waals surface area contributed by atoms with Gasteiger partial charge in [-0.3, -0.25) is 4.79 Å². The summed E-state index contributed by atoms with van der Waals surface area (Å²) in [6, 6.07) is 3.46. The van der Waals surface area contributed by atoms with E-state index >= 15 is 0 Å². The minimum atomic E-state index is -0.0820. The molecule has 3 nitrogen and oxygen atoms in total. The number of hydrogen-bond donors (Lipinski definition) is 0. The highest BCUT2D eigenvalue weighted by atomic mass is 35.5. The van der Waals surface area contributed by atoms with E-state index in [0.29, 0.717) is 22.9 Å². The zero-order valence-corrected chi connectivity index (χ0v) is 9.72. The van der Waals surface area contributed by atoms with Crippen LogP contribution in [0.3, 0.4) is 0 Å². The summed E-state index contributed by atoms with van der Waals surface area (Å²) in [5.74, 6) is 0.333. The zero-order chi connectivity index (χ0) is 11.4. The van der Waals surface area contributed by atoms with Crippen molar-refractivity contribution in [2.24, 2.45) is 0 Å². The van der Waals surface area contributed by atoms with Crippen LogP contribution in [0.4, 0.5) is 0 Å². The van der Waals surface area contributed by atoms with Crippen LogP contribution in [-0.4, -0.2) is 20.0 Å². The molecular formula is C11H13ClO3. The number of ether oxygens (including phenoxy) is 2. The summed E-state index contributed by atoms with van der Waals surface area (Å²) in [6.45, 7) is 1.84. The van der Waals surface area contributed by atoms with Crippen LogP contribution in [0, 0.1) is 0 Å². The molecule has 0 radical (unpaired) electrons. The number of carbonyl (C=O) groups excluding carboxylic acids is 1. The Labute approximate surface area is 93.9 Å². The van der Waals surface area contributed by atoms with Crippen molar-refractivity contribution < 1.29 is 14.3 Å². The molecule has 4 heteroatoms. The first-order valence-electron chi connectivity index (χ1n) is 4.47. The summed E-state index contributed by atoms with van der Waals surface area (Å²) in [5, 5.41) is 0.433. The van der Waals surface area contributed by atoms with Crippen molar-refractivity contribution >= 4 is 17.4 Å². The quantitative estimate of drug-likeness (QED) is 0.744. The molecule has 1 rings (SSSR count). The van der Waals surface area contributed by atoms with Crippen LogP contribution in [0.15, 0.2) is 12.1 Å².